The largest absolute Gasteiger partial charge is 0.322 e. The molecule has 0 radical (unpaired) electrons. The van der Waals surface area contributed by atoms with Gasteiger partial charge in [-0.15, -0.1) is 0 Å². The lowest BCUT2D eigenvalue weighted by Crippen LogP contribution is -2.36. The zero-order valence-electron chi connectivity index (χ0n) is 15.9. The van der Waals surface area contributed by atoms with Gasteiger partial charge in [0.05, 0.1) is 5.56 Å². The van der Waals surface area contributed by atoms with Crippen molar-refractivity contribution in [3.05, 3.63) is 66.0 Å². The number of nitrogens with one attached hydrogen (secondary N) is 1. The Morgan fingerprint density at radius 2 is 1.93 bits per heavy atom. The van der Waals surface area contributed by atoms with E-state index in [9.17, 15) is 22.4 Å². The zero-order chi connectivity index (χ0) is 21.6. The highest BCUT2D eigenvalue weighted by Crippen LogP contribution is 2.32. The van der Waals surface area contributed by atoms with Crippen molar-refractivity contribution in [3.8, 4) is 5.69 Å². The fourth-order valence-electron chi connectivity index (χ4n) is 3.21. The Labute approximate surface area is 171 Å². The lowest BCUT2D eigenvalue weighted by atomic mass is 10.1. The van der Waals surface area contributed by atoms with Gasteiger partial charge in [-0.3, -0.25) is 9.59 Å². The third-order valence-electron chi connectivity index (χ3n) is 4.55. The van der Waals surface area contributed by atoms with Crippen LogP contribution < -0.4 is 5.32 Å². The fourth-order valence-corrected chi connectivity index (χ4v) is 5.00. The van der Waals surface area contributed by atoms with Crippen LogP contribution in [0, 0.1) is 5.82 Å². The van der Waals surface area contributed by atoms with Gasteiger partial charge in [-0.2, -0.15) is 5.10 Å². The number of anilines is 1. The van der Waals surface area contributed by atoms with Gasteiger partial charge in [0.15, 0.2) is 5.82 Å². The Kier molecular flexibility index (Phi) is 4.61. The van der Waals surface area contributed by atoms with E-state index >= 15 is 0 Å². The molecule has 4 rings (SSSR count). The molecule has 0 fully saturated rings. The molecule has 3 aromatic rings. The van der Waals surface area contributed by atoms with Gasteiger partial charge in [0, 0.05) is 17.3 Å². The number of hydrogen-bond donors (Lipinski definition) is 1. The first-order valence-electron chi connectivity index (χ1n) is 8.89. The highest BCUT2D eigenvalue weighted by Gasteiger charge is 2.42. The molecule has 0 atom stereocenters. The minimum Gasteiger partial charge on any atom is -0.322 e. The third kappa shape index (κ3) is 3.12. The van der Waals surface area contributed by atoms with E-state index in [1.807, 2.05) is 0 Å². The summed E-state index contributed by atoms with van der Waals surface area (Å²) >= 11 is 0. The van der Waals surface area contributed by atoms with E-state index in [2.05, 4.69) is 15.4 Å². The molecule has 30 heavy (non-hydrogen) atoms. The predicted molar refractivity (Wildman–Crippen MR) is 104 cm³/mol. The summed E-state index contributed by atoms with van der Waals surface area (Å²) in [7, 11) is -4.03. The fraction of sp³-hybridized carbons (Fsp3) is 0.158. The van der Waals surface area contributed by atoms with Gasteiger partial charge in [0.25, 0.3) is 21.8 Å². The molecule has 0 aliphatic carbocycles. The van der Waals surface area contributed by atoms with E-state index in [4.69, 9.17) is 0 Å². The van der Waals surface area contributed by atoms with Crippen LogP contribution in [0.3, 0.4) is 0 Å². The summed E-state index contributed by atoms with van der Waals surface area (Å²) in [5, 5.41) is 6.36. The van der Waals surface area contributed by atoms with Crippen molar-refractivity contribution in [2.24, 2.45) is 0 Å². The molecule has 154 valence electrons. The molecule has 1 aliphatic rings. The molecule has 0 spiro atoms. The molecule has 0 saturated carbocycles. The SMILES string of the molecule is CC(C)N1C(=O)c2ccc(C(=O)Nc3ccc(-n4cncn4)c(F)c3)cc2S1(=O)=O. The Morgan fingerprint density at radius 1 is 1.17 bits per heavy atom. The summed E-state index contributed by atoms with van der Waals surface area (Å²) in [5.41, 5.74) is 0.367. The van der Waals surface area contributed by atoms with E-state index in [1.165, 1.54) is 41.6 Å². The first kappa shape index (κ1) is 19.7. The van der Waals surface area contributed by atoms with Gasteiger partial charge in [-0.1, -0.05) is 0 Å². The number of carbonyl (C=O) groups excluding carboxylic acids is 2. The second-order valence-corrected chi connectivity index (χ2v) is 8.65. The second kappa shape index (κ2) is 7.02. The second-order valence-electron chi connectivity index (χ2n) is 6.87. The van der Waals surface area contributed by atoms with Crippen LogP contribution in [-0.2, 0) is 10.0 Å². The maximum atomic E-state index is 14.3. The molecule has 2 heterocycles. The number of carbonyl (C=O) groups is 2. The van der Waals surface area contributed by atoms with Crippen LogP contribution >= 0.6 is 0 Å². The van der Waals surface area contributed by atoms with Gasteiger partial charge >= 0.3 is 0 Å². The van der Waals surface area contributed by atoms with E-state index in [1.54, 1.807) is 13.8 Å². The quantitative estimate of drug-likeness (QED) is 0.680. The number of amides is 2. The van der Waals surface area contributed by atoms with Crippen LogP contribution in [0.25, 0.3) is 5.69 Å². The topological polar surface area (TPSA) is 114 Å². The Bertz CT molecular complexity index is 1270. The van der Waals surface area contributed by atoms with Crippen molar-refractivity contribution < 1.29 is 22.4 Å². The average molecular weight is 429 g/mol. The smallest absolute Gasteiger partial charge is 0.269 e. The van der Waals surface area contributed by atoms with Crippen molar-refractivity contribution in [1.29, 1.82) is 0 Å². The molecule has 9 nitrogen and oxygen atoms in total. The van der Waals surface area contributed by atoms with Crippen LogP contribution in [0.1, 0.15) is 34.6 Å². The summed E-state index contributed by atoms with van der Waals surface area (Å²) in [5.74, 6) is -1.90. The van der Waals surface area contributed by atoms with Crippen LogP contribution in [0.5, 0.6) is 0 Å². The monoisotopic (exact) mass is 429 g/mol. The van der Waals surface area contributed by atoms with E-state index < -0.39 is 33.7 Å². The predicted octanol–water partition coefficient (Wildman–Crippen LogP) is 2.21. The first-order chi connectivity index (χ1) is 14.2. The number of benzene rings is 2. The molecule has 0 bridgehead atoms. The van der Waals surface area contributed by atoms with Gasteiger partial charge in [-0.25, -0.2) is 26.8 Å². The van der Waals surface area contributed by atoms with Crippen molar-refractivity contribution in [3.63, 3.8) is 0 Å². The van der Waals surface area contributed by atoms with Crippen molar-refractivity contribution in [2.45, 2.75) is 24.8 Å². The van der Waals surface area contributed by atoms with Gasteiger partial charge < -0.3 is 5.32 Å². The minimum absolute atomic E-state index is 0.0171. The molecule has 0 unspecified atom stereocenters. The molecular weight excluding hydrogens is 413 g/mol. The van der Waals surface area contributed by atoms with Crippen LogP contribution in [0.4, 0.5) is 10.1 Å². The van der Waals surface area contributed by atoms with Crippen molar-refractivity contribution >= 4 is 27.5 Å². The lowest BCUT2D eigenvalue weighted by molar-refractivity contribution is 0.0846. The third-order valence-corrected chi connectivity index (χ3v) is 6.55. The summed E-state index contributed by atoms with van der Waals surface area (Å²) in [4.78, 5) is 28.5. The highest BCUT2D eigenvalue weighted by molar-refractivity contribution is 7.90. The number of nitrogens with zero attached hydrogens (tertiary/aromatic N) is 4. The van der Waals surface area contributed by atoms with Crippen LogP contribution in [0.15, 0.2) is 53.9 Å². The molecule has 2 amide bonds. The van der Waals surface area contributed by atoms with Crippen molar-refractivity contribution in [2.75, 3.05) is 5.32 Å². The van der Waals surface area contributed by atoms with Crippen LogP contribution in [-0.4, -0.2) is 45.3 Å². The Balaban J connectivity index is 1.61. The zero-order valence-corrected chi connectivity index (χ0v) is 16.7. The summed E-state index contributed by atoms with van der Waals surface area (Å²) < 4.78 is 41.7. The summed E-state index contributed by atoms with van der Waals surface area (Å²) in [6.45, 7) is 3.18. The highest BCUT2D eigenvalue weighted by atomic mass is 32.2. The standard InChI is InChI=1S/C19H16FN5O4S/c1-11(2)25-19(27)14-5-3-12(7-17(14)30(25,28)29)18(26)23-13-4-6-16(15(20)8-13)24-10-21-9-22-24/h3-11H,1-2H3,(H,23,26). The minimum atomic E-state index is -4.03. The number of rotatable bonds is 4. The van der Waals surface area contributed by atoms with Crippen molar-refractivity contribution in [1.82, 2.24) is 19.1 Å². The van der Waals surface area contributed by atoms with Gasteiger partial charge in [0.1, 0.15) is 23.2 Å². The van der Waals surface area contributed by atoms with Gasteiger partial charge in [0.2, 0.25) is 0 Å². The van der Waals surface area contributed by atoms with E-state index in [0.29, 0.717) is 0 Å². The van der Waals surface area contributed by atoms with Gasteiger partial charge in [-0.05, 0) is 50.2 Å². The molecule has 1 aliphatic heterocycles. The molecule has 1 aromatic heterocycles. The number of halogens is 1. The first-order valence-corrected chi connectivity index (χ1v) is 10.3. The maximum Gasteiger partial charge on any atom is 0.269 e. The maximum absolute atomic E-state index is 14.3. The lowest BCUT2D eigenvalue weighted by Gasteiger charge is -2.18. The molecule has 1 N–H and O–H groups in total. The van der Waals surface area contributed by atoms with E-state index in [0.717, 1.165) is 16.4 Å². The van der Waals surface area contributed by atoms with Crippen LogP contribution in [0.2, 0.25) is 0 Å². The molecule has 11 heteroatoms. The molecule has 0 saturated heterocycles. The summed E-state index contributed by atoms with van der Waals surface area (Å²) in [6, 6.07) is 7.27. The molecular formula is C19H16FN5O4S. The number of aromatic nitrogens is 3. The Morgan fingerprint density at radius 3 is 2.57 bits per heavy atom. The number of hydrogen-bond acceptors (Lipinski definition) is 6. The average Bonchev–Trinajstić information content (AvgIpc) is 3.27. The number of sulfonamides is 1. The van der Waals surface area contributed by atoms with E-state index in [-0.39, 0.29) is 27.4 Å². The number of fused-ring (bicyclic) bond motifs is 1. The normalized spacial score (nSPS) is 14.8. The summed E-state index contributed by atoms with van der Waals surface area (Å²) in [6.07, 6.45) is 2.60. The molecule has 2 aromatic carbocycles. The Hall–Kier alpha value is -3.60.